The van der Waals surface area contributed by atoms with Gasteiger partial charge in [0.05, 0.1) is 0 Å². The highest BCUT2D eigenvalue weighted by Crippen LogP contribution is 2.17. The molecule has 0 aliphatic heterocycles. The van der Waals surface area contributed by atoms with Crippen LogP contribution in [0.2, 0.25) is 0 Å². The van der Waals surface area contributed by atoms with Crippen molar-refractivity contribution in [1.29, 1.82) is 0 Å². The molecule has 0 fully saturated rings. The van der Waals surface area contributed by atoms with Gasteiger partial charge in [-0.25, -0.2) is 4.98 Å². The molecule has 1 rings (SSSR count). The van der Waals surface area contributed by atoms with Gasteiger partial charge in [0.25, 0.3) is 0 Å². The number of rotatable bonds is 4. The maximum absolute atomic E-state index is 5.74. The number of aryl methyl sites for hydroxylation is 1. The van der Waals surface area contributed by atoms with Gasteiger partial charge in [0.1, 0.15) is 5.82 Å². The number of alkyl halides is 1. The Labute approximate surface area is 90.9 Å². The lowest BCUT2D eigenvalue weighted by molar-refractivity contribution is 0.832. The molecule has 0 saturated carbocycles. The number of hydrogen-bond donors (Lipinski definition) is 0. The Kier molecular flexibility index (Phi) is 4.21. The van der Waals surface area contributed by atoms with Gasteiger partial charge in [-0.1, -0.05) is 6.92 Å². The summed E-state index contributed by atoms with van der Waals surface area (Å²) in [6.45, 7) is 5.28. The normalized spacial score (nSPS) is 10.3. The molecule has 0 aliphatic carbocycles. The first kappa shape index (κ1) is 11.3. The number of anilines is 1. The number of halogens is 1. The van der Waals surface area contributed by atoms with Gasteiger partial charge in [0, 0.05) is 25.7 Å². The minimum Gasteiger partial charge on any atom is -0.359 e. The molecule has 0 aliphatic rings. The largest absolute Gasteiger partial charge is 0.359 e. The maximum Gasteiger partial charge on any atom is 0.131 e. The second-order valence-corrected chi connectivity index (χ2v) is 3.81. The molecule has 0 saturated heterocycles. The second-order valence-electron chi connectivity index (χ2n) is 3.54. The van der Waals surface area contributed by atoms with Crippen LogP contribution in [0.1, 0.15) is 24.5 Å². The average Bonchev–Trinajstić information content (AvgIpc) is 2.17. The molecular weight excluding hydrogens is 196 g/mol. The van der Waals surface area contributed by atoms with Crippen molar-refractivity contribution in [1.82, 2.24) is 4.98 Å². The predicted molar refractivity (Wildman–Crippen MR) is 62.1 cm³/mol. The van der Waals surface area contributed by atoms with Crippen molar-refractivity contribution >= 4 is 17.4 Å². The minimum atomic E-state index is 0.533. The summed E-state index contributed by atoms with van der Waals surface area (Å²) in [7, 11) is 2.07. The van der Waals surface area contributed by atoms with Crippen LogP contribution in [-0.4, -0.2) is 18.6 Å². The summed E-state index contributed by atoms with van der Waals surface area (Å²) < 4.78 is 0. The average molecular weight is 213 g/mol. The van der Waals surface area contributed by atoms with Crippen LogP contribution in [0.15, 0.2) is 12.3 Å². The topological polar surface area (TPSA) is 16.1 Å². The lowest BCUT2D eigenvalue weighted by atomic mass is 10.2. The summed E-state index contributed by atoms with van der Waals surface area (Å²) >= 11 is 5.74. The fraction of sp³-hybridized carbons (Fsp3) is 0.545. The van der Waals surface area contributed by atoms with Crippen LogP contribution in [0.4, 0.5) is 5.82 Å². The third kappa shape index (κ3) is 2.61. The van der Waals surface area contributed by atoms with E-state index in [1.165, 1.54) is 5.56 Å². The molecule has 0 bridgehead atoms. The van der Waals surface area contributed by atoms with Crippen LogP contribution >= 0.6 is 11.6 Å². The van der Waals surface area contributed by atoms with Crippen molar-refractivity contribution in [2.75, 3.05) is 18.5 Å². The van der Waals surface area contributed by atoms with E-state index in [4.69, 9.17) is 11.6 Å². The van der Waals surface area contributed by atoms with Crippen molar-refractivity contribution in [3.8, 4) is 0 Å². The van der Waals surface area contributed by atoms with Gasteiger partial charge < -0.3 is 4.90 Å². The Morgan fingerprint density at radius 2 is 2.21 bits per heavy atom. The standard InChI is InChI=1S/C11H17ClN2/c1-4-5-14(3)11-9(2)6-10(7-12)8-13-11/h6,8H,4-5,7H2,1-3H3. The molecule has 2 nitrogen and oxygen atoms in total. The Morgan fingerprint density at radius 3 is 2.71 bits per heavy atom. The van der Waals surface area contributed by atoms with Gasteiger partial charge >= 0.3 is 0 Å². The van der Waals surface area contributed by atoms with Crippen molar-refractivity contribution in [3.63, 3.8) is 0 Å². The van der Waals surface area contributed by atoms with E-state index in [1.54, 1.807) is 0 Å². The van der Waals surface area contributed by atoms with Gasteiger partial charge in [-0.05, 0) is 30.5 Å². The van der Waals surface area contributed by atoms with Crippen LogP contribution in [0.5, 0.6) is 0 Å². The number of pyridine rings is 1. The molecular formula is C11H17ClN2. The summed E-state index contributed by atoms with van der Waals surface area (Å²) in [5.41, 5.74) is 2.27. The van der Waals surface area contributed by atoms with E-state index in [0.717, 1.165) is 24.3 Å². The van der Waals surface area contributed by atoms with Crippen LogP contribution in [0.3, 0.4) is 0 Å². The molecule has 0 unspecified atom stereocenters. The summed E-state index contributed by atoms with van der Waals surface area (Å²) in [5.74, 6) is 1.59. The zero-order chi connectivity index (χ0) is 10.6. The van der Waals surface area contributed by atoms with Gasteiger partial charge in [-0.15, -0.1) is 11.6 Å². The van der Waals surface area contributed by atoms with Crippen molar-refractivity contribution in [2.24, 2.45) is 0 Å². The van der Waals surface area contributed by atoms with E-state index in [0.29, 0.717) is 5.88 Å². The first-order chi connectivity index (χ1) is 6.69. The fourth-order valence-corrected chi connectivity index (χ4v) is 1.69. The van der Waals surface area contributed by atoms with E-state index in [1.807, 2.05) is 6.20 Å². The molecule has 3 heteroatoms. The Hall–Kier alpha value is -0.760. The van der Waals surface area contributed by atoms with E-state index < -0.39 is 0 Å². The highest BCUT2D eigenvalue weighted by molar-refractivity contribution is 6.17. The molecule has 1 aromatic heterocycles. The van der Waals surface area contributed by atoms with E-state index in [-0.39, 0.29) is 0 Å². The molecule has 0 atom stereocenters. The first-order valence-corrected chi connectivity index (χ1v) is 5.45. The third-order valence-electron chi connectivity index (χ3n) is 2.18. The lowest BCUT2D eigenvalue weighted by Crippen LogP contribution is -2.20. The summed E-state index contributed by atoms with van der Waals surface area (Å²) in [5, 5.41) is 0. The summed E-state index contributed by atoms with van der Waals surface area (Å²) in [4.78, 5) is 6.58. The molecule has 0 N–H and O–H groups in total. The minimum absolute atomic E-state index is 0.533. The Balaban J connectivity index is 2.88. The number of nitrogens with zero attached hydrogens (tertiary/aromatic N) is 2. The first-order valence-electron chi connectivity index (χ1n) is 4.91. The van der Waals surface area contributed by atoms with Gasteiger partial charge in [-0.2, -0.15) is 0 Å². The van der Waals surface area contributed by atoms with E-state index >= 15 is 0 Å². The highest BCUT2D eigenvalue weighted by atomic mass is 35.5. The SMILES string of the molecule is CCCN(C)c1ncc(CCl)cc1C. The Bertz CT molecular complexity index is 299. The van der Waals surface area contributed by atoms with Crippen LogP contribution in [0, 0.1) is 6.92 Å². The number of aromatic nitrogens is 1. The molecule has 78 valence electrons. The highest BCUT2D eigenvalue weighted by Gasteiger charge is 2.05. The smallest absolute Gasteiger partial charge is 0.131 e. The van der Waals surface area contributed by atoms with Crippen LogP contribution < -0.4 is 4.90 Å². The molecule has 0 radical (unpaired) electrons. The lowest BCUT2D eigenvalue weighted by Gasteiger charge is -2.19. The van der Waals surface area contributed by atoms with Crippen molar-refractivity contribution in [3.05, 3.63) is 23.4 Å². The predicted octanol–water partition coefficient (Wildman–Crippen LogP) is 2.98. The van der Waals surface area contributed by atoms with E-state index in [2.05, 4.69) is 36.8 Å². The van der Waals surface area contributed by atoms with Crippen molar-refractivity contribution < 1.29 is 0 Å². The van der Waals surface area contributed by atoms with E-state index in [9.17, 15) is 0 Å². The molecule has 14 heavy (non-hydrogen) atoms. The molecule has 0 amide bonds. The van der Waals surface area contributed by atoms with Gasteiger partial charge in [-0.3, -0.25) is 0 Å². The van der Waals surface area contributed by atoms with Crippen LogP contribution in [0.25, 0.3) is 0 Å². The van der Waals surface area contributed by atoms with Gasteiger partial charge in [0.15, 0.2) is 0 Å². The number of hydrogen-bond acceptors (Lipinski definition) is 2. The third-order valence-corrected chi connectivity index (χ3v) is 2.49. The Morgan fingerprint density at radius 1 is 1.50 bits per heavy atom. The quantitative estimate of drug-likeness (QED) is 0.714. The summed E-state index contributed by atoms with van der Waals surface area (Å²) in [6, 6.07) is 2.10. The zero-order valence-electron chi connectivity index (χ0n) is 9.05. The zero-order valence-corrected chi connectivity index (χ0v) is 9.80. The summed E-state index contributed by atoms with van der Waals surface area (Å²) in [6.07, 6.45) is 2.98. The van der Waals surface area contributed by atoms with Crippen LogP contribution in [-0.2, 0) is 5.88 Å². The molecule has 0 spiro atoms. The molecule has 1 aromatic rings. The molecule has 1 heterocycles. The van der Waals surface area contributed by atoms with Gasteiger partial charge in [0.2, 0.25) is 0 Å². The molecule has 0 aromatic carbocycles. The monoisotopic (exact) mass is 212 g/mol. The maximum atomic E-state index is 5.74. The fourth-order valence-electron chi connectivity index (χ4n) is 1.54. The van der Waals surface area contributed by atoms with Crippen molar-refractivity contribution in [2.45, 2.75) is 26.1 Å². The second kappa shape index (κ2) is 5.20.